The highest BCUT2D eigenvalue weighted by atomic mass is 32.2. The number of H-pyrrole nitrogens is 1. The minimum atomic E-state index is 0.103. The number of ketones is 1. The molecule has 0 spiro atoms. The van der Waals surface area contributed by atoms with Crippen LogP contribution in [0.1, 0.15) is 21.7 Å². The molecule has 0 radical (unpaired) electrons. The Balaban J connectivity index is 1.73. The Kier molecular flexibility index (Phi) is 4.76. The number of nitrogens with one attached hydrogen (secondary N) is 1. The molecule has 0 fully saturated rings. The first-order valence-electron chi connectivity index (χ1n) is 7.58. The van der Waals surface area contributed by atoms with E-state index in [2.05, 4.69) is 9.97 Å². The van der Waals surface area contributed by atoms with Crippen LogP contribution in [0.25, 0.3) is 5.69 Å². The number of hydrogen-bond donors (Lipinski definition) is 1. The predicted molar refractivity (Wildman–Crippen MR) is 95.4 cm³/mol. The molecule has 1 N–H and O–H groups in total. The van der Waals surface area contributed by atoms with Crippen molar-refractivity contribution in [3.05, 3.63) is 59.7 Å². The first-order valence-corrected chi connectivity index (χ1v) is 8.57. The van der Waals surface area contributed by atoms with Crippen LogP contribution in [0.15, 0.2) is 47.9 Å². The third kappa shape index (κ3) is 3.38. The molecule has 0 saturated carbocycles. The molecule has 0 aliphatic heterocycles. The van der Waals surface area contributed by atoms with Crippen molar-refractivity contribution in [3.8, 4) is 11.4 Å². The number of nitrogens with zero attached hydrogens (tertiary/aromatic N) is 2. The summed E-state index contributed by atoms with van der Waals surface area (Å²) >= 11 is 1.44. The van der Waals surface area contributed by atoms with Crippen molar-refractivity contribution < 1.29 is 9.53 Å². The molecule has 0 aliphatic rings. The third-order valence-corrected chi connectivity index (χ3v) is 4.71. The SMILES string of the molecule is COc1ccc(-n2ccnc2SCC(=O)c2cc(C)[nH]c2C)cc1. The van der Waals surface area contributed by atoms with Crippen molar-refractivity contribution in [3.63, 3.8) is 0 Å². The molecule has 124 valence electrons. The fraction of sp³-hybridized carbons (Fsp3) is 0.222. The zero-order valence-corrected chi connectivity index (χ0v) is 14.7. The monoisotopic (exact) mass is 341 g/mol. The molecule has 0 bridgehead atoms. The van der Waals surface area contributed by atoms with Gasteiger partial charge in [0, 0.05) is 35.0 Å². The Hall–Kier alpha value is -2.47. The lowest BCUT2D eigenvalue weighted by molar-refractivity contribution is 0.102. The number of ether oxygens (including phenoxy) is 1. The average Bonchev–Trinajstić information content (AvgIpc) is 3.18. The Morgan fingerprint density at radius 2 is 2.04 bits per heavy atom. The lowest BCUT2D eigenvalue weighted by Crippen LogP contribution is -2.04. The van der Waals surface area contributed by atoms with Crippen molar-refractivity contribution in [2.45, 2.75) is 19.0 Å². The van der Waals surface area contributed by atoms with Crippen molar-refractivity contribution in [1.82, 2.24) is 14.5 Å². The van der Waals surface area contributed by atoms with Gasteiger partial charge in [-0.3, -0.25) is 9.36 Å². The standard InChI is InChI=1S/C18H19N3O2S/c1-12-10-16(13(2)20-12)17(22)11-24-18-19-8-9-21(18)14-4-6-15(23-3)7-5-14/h4-10,20H,11H2,1-3H3. The van der Waals surface area contributed by atoms with E-state index in [0.29, 0.717) is 5.75 Å². The van der Waals surface area contributed by atoms with E-state index < -0.39 is 0 Å². The number of carbonyl (C=O) groups excluding carboxylic acids is 1. The van der Waals surface area contributed by atoms with E-state index in [1.54, 1.807) is 13.3 Å². The van der Waals surface area contributed by atoms with E-state index in [1.807, 2.05) is 54.9 Å². The van der Waals surface area contributed by atoms with E-state index >= 15 is 0 Å². The molecule has 3 aromatic rings. The number of rotatable bonds is 6. The molecule has 0 atom stereocenters. The quantitative estimate of drug-likeness (QED) is 0.547. The minimum Gasteiger partial charge on any atom is -0.497 e. The highest BCUT2D eigenvalue weighted by Gasteiger charge is 2.14. The second kappa shape index (κ2) is 6.97. The van der Waals surface area contributed by atoms with E-state index in [-0.39, 0.29) is 5.78 Å². The van der Waals surface area contributed by atoms with Crippen molar-refractivity contribution in [1.29, 1.82) is 0 Å². The van der Waals surface area contributed by atoms with Gasteiger partial charge in [-0.2, -0.15) is 0 Å². The van der Waals surface area contributed by atoms with E-state index in [0.717, 1.165) is 33.5 Å². The van der Waals surface area contributed by atoms with E-state index in [4.69, 9.17) is 4.74 Å². The molecule has 5 nitrogen and oxygen atoms in total. The zero-order valence-electron chi connectivity index (χ0n) is 13.9. The number of aromatic amines is 1. The van der Waals surface area contributed by atoms with Gasteiger partial charge in [0.05, 0.1) is 12.9 Å². The lowest BCUT2D eigenvalue weighted by Gasteiger charge is -2.08. The van der Waals surface area contributed by atoms with E-state index in [1.165, 1.54) is 11.8 Å². The van der Waals surface area contributed by atoms with Crippen LogP contribution in [0.2, 0.25) is 0 Å². The summed E-state index contributed by atoms with van der Waals surface area (Å²) in [7, 11) is 1.64. The van der Waals surface area contributed by atoms with Crippen LogP contribution in [-0.4, -0.2) is 33.2 Å². The molecule has 24 heavy (non-hydrogen) atoms. The molecule has 0 saturated heterocycles. The topological polar surface area (TPSA) is 59.9 Å². The maximum absolute atomic E-state index is 12.4. The van der Waals surface area contributed by atoms with Crippen LogP contribution in [0, 0.1) is 13.8 Å². The Labute approximate surface area is 145 Å². The molecule has 0 unspecified atom stereocenters. The number of methoxy groups -OCH3 is 1. The maximum atomic E-state index is 12.4. The average molecular weight is 341 g/mol. The molecule has 6 heteroatoms. The highest BCUT2D eigenvalue weighted by molar-refractivity contribution is 7.99. The van der Waals surface area contributed by atoms with Gasteiger partial charge in [0.25, 0.3) is 0 Å². The highest BCUT2D eigenvalue weighted by Crippen LogP contribution is 2.23. The smallest absolute Gasteiger partial charge is 0.174 e. The maximum Gasteiger partial charge on any atom is 0.174 e. The first-order chi connectivity index (χ1) is 11.6. The summed E-state index contributed by atoms with van der Waals surface area (Å²) < 4.78 is 7.15. The molecular weight excluding hydrogens is 322 g/mol. The Bertz CT molecular complexity index is 850. The molecule has 1 aromatic carbocycles. The summed E-state index contributed by atoms with van der Waals surface area (Å²) in [4.78, 5) is 19.9. The zero-order chi connectivity index (χ0) is 17.1. The summed E-state index contributed by atoms with van der Waals surface area (Å²) in [5.74, 6) is 1.26. The van der Waals surface area contributed by atoms with Crippen LogP contribution >= 0.6 is 11.8 Å². The lowest BCUT2D eigenvalue weighted by atomic mass is 10.2. The molecule has 3 rings (SSSR count). The number of hydrogen-bond acceptors (Lipinski definition) is 4. The van der Waals surface area contributed by atoms with Gasteiger partial charge in [0.2, 0.25) is 0 Å². The van der Waals surface area contributed by atoms with Gasteiger partial charge in [-0.05, 0) is 44.2 Å². The molecule has 2 heterocycles. The summed E-state index contributed by atoms with van der Waals surface area (Å²) in [5.41, 5.74) is 3.65. The number of carbonyl (C=O) groups is 1. The van der Waals surface area contributed by atoms with E-state index in [9.17, 15) is 4.79 Å². The fourth-order valence-corrected chi connectivity index (χ4v) is 3.41. The third-order valence-electron chi connectivity index (χ3n) is 3.74. The summed E-state index contributed by atoms with van der Waals surface area (Å²) in [6, 6.07) is 9.63. The van der Waals surface area contributed by atoms with Crippen molar-refractivity contribution in [2.75, 3.05) is 12.9 Å². The van der Waals surface area contributed by atoms with Crippen molar-refractivity contribution >= 4 is 17.5 Å². The summed E-state index contributed by atoms with van der Waals surface area (Å²) in [5, 5.41) is 0.790. The number of aryl methyl sites for hydroxylation is 2. The van der Waals surface area contributed by atoms with Gasteiger partial charge < -0.3 is 9.72 Å². The second-order valence-corrected chi connectivity index (χ2v) is 6.42. The predicted octanol–water partition coefficient (Wildman–Crippen LogP) is 3.80. The second-order valence-electron chi connectivity index (χ2n) is 5.48. The number of aromatic nitrogens is 3. The molecule has 2 aromatic heterocycles. The van der Waals surface area contributed by atoms with Gasteiger partial charge in [0.15, 0.2) is 10.9 Å². The van der Waals surface area contributed by atoms with Gasteiger partial charge in [0.1, 0.15) is 5.75 Å². The van der Waals surface area contributed by atoms with Gasteiger partial charge in [-0.1, -0.05) is 11.8 Å². The Morgan fingerprint density at radius 1 is 1.29 bits per heavy atom. The van der Waals surface area contributed by atoms with Crippen LogP contribution < -0.4 is 4.74 Å². The number of benzene rings is 1. The molecule has 0 aliphatic carbocycles. The van der Waals surface area contributed by atoms with Crippen LogP contribution in [0.3, 0.4) is 0 Å². The first kappa shape index (κ1) is 16.4. The molecule has 0 amide bonds. The fourth-order valence-electron chi connectivity index (χ4n) is 2.56. The number of Topliss-reactive ketones (excluding diaryl/α,β-unsaturated/α-hetero) is 1. The summed E-state index contributed by atoms with van der Waals surface area (Å²) in [6.07, 6.45) is 3.63. The molecular formula is C18H19N3O2S. The largest absolute Gasteiger partial charge is 0.497 e. The normalized spacial score (nSPS) is 10.8. The van der Waals surface area contributed by atoms with Gasteiger partial charge in [-0.15, -0.1) is 0 Å². The van der Waals surface area contributed by atoms with Crippen molar-refractivity contribution in [2.24, 2.45) is 0 Å². The van der Waals surface area contributed by atoms with Crippen LogP contribution in [0.4, 0.5) is 0 Å². The van der Waals surface area contributed by atoms with Crippen LogP contribution in [0.5, 0.6) is 5.75 Å². The number of thioether (sulfide) groups is 1. The number of imidazole rings is 1. The minimum absolute atomic E-state index is 0.103. The Morgan fingerprint density at radius 3 is 2.67 bits per heavy atom. The van der Waals surface area contributed by atoms with Gasteiger partial charge >= 0.3 is 0 Å². The summed E-state index contributed by atoms with van der Waals surface area (Å²) in [6.45, 7) is 3.87. The van der Waals surface area contributed by atoms with Crippen LogP contribution in [-0.2, 0) is 0 Å². The van der Waals surface area contributed by atoms with Gasteiger partial charge in [-0.25, -0.2) is 4.98 Å².